The molecule has 26 heavy (non-hydrogen) atoms. The Kier molecular flexibility index (Phi) is 7.33. The first kappa shape index (κ1) is 19.6. The third-order valence-electron chi connectivity index (χ3n) is 3.59. The van der Waals surface area contributed by atoms with Crippen molar-refractivity contribution in [3.05, 3.63) is 58.6 Å². The molecule has 0 aliphatic rings. The number of nitrogens with one attached hydrogen (secondary N) is 3. The van der Waals surface area contributed by atoms with Crippen LogP contribution in [-0.2, 0) is 16.0 Å². The van der Waals surface area contributed by atoms with Gasteiger partial charge in [-0.2, -0.15) is 5.26 Å². The average Bonchev–Trinajstić information content (AvgIpc) is 2.58. The van der Waals surface area contributed by atoms with E-state index in [1.165, 1.54) is 0 Å². The monoisotopic (exact) mass is 415 g/mol. The van der Waals surface area contributed by atoms with Gasteiger partial charge in [0.1, 0.15) is 0 Å². The Morgan fingerprint density at radius 2 is 1.65 bits per heavy atom. The highest BCUT2D eigenvalue weighted by Gasteiger charge is 2.15. The normalized spacial score (nSPS) is 11.3. The van der Waals surface area contributed by atoms with E-state index in [1.54, 1.807) is 37.4 Å². The van der Waals surface area contributed by atoms with Crippen molar-refractivity contribution in [3.8, 4) is 6.07 Å². The lowest BCUT2D eigenvalue weighted by Gasteiger charge is -2.14. The maximum atomic E-state index is 12.1. The highest BCUT2D eigenvalue weighted by Crippen LogP contribution is 2.20. The van der Waals surface area contributed by atoms with Crippen molar-refractivity contribution in [2.24, 2.45) is 0 Å². The second-order valence-electron chi connectivity index (χ2n) is 5.92. The van der Waals surface area contributed by atoms with Gasteiger partial charge >= 0.3 is 0 Å². The quantitative estimate of drug-likeness (QED) is 0.641. The highest BCUT2D eigenvalue weighted by atomic mass is 79.9. The van der Waals surface area contributed by atoms with E-state index in [2.05, 4.69) is 32.6 Å². The smallest absolute Gasteiger partial charge is 0.279 e. The van der Waals surface area contributed by atoms with Crippen molar-refractivity contribution in [1.29, 1.82) is 5.26 Å². The van der Waals surface area contributed by atoms with Crippen LogP contribution < -0.4 is 15.5 Å². The van der Waals surface area contributed by atoms with Crippen LogP contribution in [0.4, 0.5) is 11.4 Å². The zero-order valence-electron chi connectivity index (χ0n) is 14.4. The van der Waals surface area contributed by atoms with Gasteiger partial charge < -0.3 is 15.5 Å². The lowest BCUT2D eigenvalue weighted by Crippen LogP contribution is -3.11. The zero-order valence-corrected chi connectivity index (χ0v) is 16.0. The maximum Gasteiger partial charge on any atom is 0.279 e. The summed E-state index contributed by atoms with van der Waals surface area (Å²) in [4.78, 5) is 25.0. The number of carbonyl (C=O) groups excluding carboxylic acids is 2. The third-order valence-corrected chi connectivity index (χ3v) is 4.28. The van der Waals surface area contributed by atoms with Crippen LogP contribution in [0.1, 0.15) is 5.56 Å². The number of amides is 2. The molecule has 0 aliphatic carbocycles. The predicted octanol–water partition coefficient (Wildman–Crippen LogP) is 1.61. The molecule has 7 heteroatoms. The fraction of sp³-hybridized carbons (Fsp3) is 0.211. The average molecular weight is 416 g/mol. The molecule has 0 spiro atoms. The second-order valence-corrected chi connectivity index (χ2v) is 6.77. The number of carbonyl (C=O) groups is 2. The van der Waals surface area contributed by atoms with Crippen molar-refractivity contribution in [3.63, 3.8) is 0 Å². The van der Waals surface area contributed by atoms with Crippen LogP contribution in [0, 0.1) is 11.3 Å². The van der Waals surface area contributed by atoms with Crippen LogP contribution in [0.3, 0.4) is 0 Å². The molecule has 1 atom stereocenters. The van der Waals surface area contributed by atoms with Gasteiger partial charge in [0.15, 0.2) is 13.1 Å². The molecule has 134 valence electrons. The van der Waals surface area contributed by atoms with Gasteiger partial charge in [0.25, 0.3) is 11.8 Å². The number of nitrogens with zero attached hydrogens (tertiary/aromatic N) is 1. The van der Waals surface area contributed by atoms with Crippen molar-refractivity contribution < 1.29 is 14.5 Å². The van der Waals surface area contributed by atoms with E-state index in [1.807, 2.05) is 18.2 Å². The number of likely N-dealkylation sites (N-methyl/N-ethyl adjacent to an activating group) is 1. The molecule has 2 aromatic carbocycles. The van der Waals surface area contributed by atoms with Crippen molar-refractivity contribution in [2.45, 2.75) is 6.42 Å². The van der Waals surface area contributed by atoms with E-state index in [4.69, 9.17) is 5.26 Å². The summed E-state index contributed by atoms with van der Waals surface area (Å²) in [5, 5.41) is 14.3. The molecule has 0 radical (unpaired) electrons. The molecular weight excluding hydrogens is 396 g/mol. The van der Waals surface area contributed by atoms with E-state index in [0.717, 1.165) is 14.9 Å². The molecule has 3 N–H and O–H groups in total. The summed E-state index contributed by atoms with van der Waals surface area (Å²) in [5.41, 5.74) is 2.27. The third kappa shape index (κ3) is 6.31. The molecule has 0 aromatic heterocycles. The van der Waals surface area contributed by atoms with E-state index < -0.39 is 0 Å². The first-order valence-corrected chi connectivity index (χ1v) is 8.88. The summed E-state index contributed by atoms with van der Waals surface area (Å²) < 4.78 is 0.809. The van der Waals surface area contributed by atoms with Gasteiger partial charge in [-0.1, -0.05) is 24.3 Å². The Hall–Kier alpha value is -2.69. The maximum absolute atomic E-state index is 12.1. The van der Waals surface area contributed by atoms with Gasteiger partial charge in [-0.05, 0) is 45.8 Å². The fourth-order valence-corrected chi connectivity index (χ4v) is 2.75. The van der Waals surface area contributed by atoms with Gasteiger partial charge in [-0.25, -0.2) is 0 Å². The minimum Gasteiger partial charge on any atom is -0.322 e. The molecule has 0 heterocycles. The summed E-state index contributed by atoms with van der Waals surface area (Å²) in [7, 11) is 1.79. The summed E-state index contributed by atoms with van der Waals surface area (Å²) in [6.07, 6.45) is 0.341. The molecule has 0 saturated carbocycles. The second kappa shape index (κ2) is 9.70. The minimum absolute atomic E-state index is 0.164. The number of hydrogen-bond acceptors (Lipinski definition) is 3. The topological polar surface area (TPSA) is 86.4 Å². The van der Waals surface area contributed by atoms with Crippen molar-refractivity contribution in [1.82, 2.24) is 0 Å². The Balaban J connectivity index is 1.80. The summed E-state index contributed by atoms with van der Waals surface area (Å²) in [6.45, 7) is 0.346. The Labute approximate surface area is 160 Å². The Morgan fingerprint density at radius 1 is 1.04 bits per heavy atom. The number of nitriles is 1. The summed E-state index contributed by atoms with van der Waals surface area (Å²) in [6, 6.07) is 16.6. The van der Waals surface area contributed by atoms with Crippen molar-refractivity contribution in [2.75, 3.05) is 30.8 Å². The van der Waals surface area contributed by atoms with Crippen LogP contribution in [0.2, 0.25) is 0 Å². The van der Waals surface area contributed by atoms with Crippen LogP contribution >= 0.6 is 15.9 Å². The molecule has 6 nitrogen and oxygen atoms in total. The lowest BCUT2D eigenvalue weighted by molar-refractivity contribution is -0.862. The number of hydrogen-bond donors (Lipinski definition) is 3. The first-order chi connectivity index (χ1) is 12.5. The number of benzene rings is 2. The van der Waals surface area contributed by atoms with Gasteiger partial charge in [-0.3, -0.25) is 9.59 Å². The molecule has 0 saturated heterocycles. The zero-order chi connectivity index (χ0) is 18.9. The first-order valence-electron chi connectivity index (χ1n) is 8.09. The molecule has 0 aliphatic heterocycles. The van der Waals surface area contributed by atoms with E-state index in [-0.39, 0.29) is 24.9 Å². The van der Waals surface area contributed by atoms with Crippen LogP contribution in [0.5, 0.6) is 0 Å². The molecule has 2 aromatic rings. The fourth-order valence-electron chi connectivity index (χ4n) is 2.37. The van der Waals surface area contributed by atoms with Gasteiger partial charge in [0.2, 0.25) is 0 Å². The van der Waals surface area contributed by atoms with Gasteiger partial charge in [0.05, 0.1) is 25.2 Å². The lowest BCUT2D eigenvalue weighted by atomic mass is 10.1. The minimum atomic E-state index is -0.177. The Bertz CT molecular complexity index is 815. The van der Waals surface area contributed by atoms with Crippen LogP contribution in [0.25, 0.3) is 0 Å². The highest BCUT2D eigenvalue weighted by molar-refractivity contribution is 9.10. The number of para-hydroxylation sites is 1. The predicted molar refractivity (Wildman–Crippen MR) is 104 cm³/mol. The summed E-state index contributed by atoms with van der Waals surface area (Å²) in [5.74, 6) is -0.340. The van der Waals surface area contributed by atoms with Crippen LogP contribution in [0.15, 0.2) is 53.0 Å². The molecule has 0 fully saturated rings. The largest absolute Gasteiger partial charge is 0.322 e. The van der Waals surface area contributed by atoms with Gasteiger partial charge in [-0.15, -0.1) is 0 Å². The van der Waals surface area contributed by atoms with E-state index in [0.29, 0.717) is 17.8 Å². The molecule has 2 amide bonds. The molecule has 1 unspecified atom stereocenters. The Morgan fingerprint density at radius 3 is 2.27 bits per heavy atom. The van der Waals surface area contributed by atoms with Gasteiger partial charge in [0, 0.05) is 10.2 Å². The number of quaternary nitrogens is 1. The number of anilines is 2. The molecule has 0 bridgehead atoms. The van der Waals surface area contributed by atoms with Crippen LogP contribution in [-0.4, -0.2) is 32.0 Å². The van der Waals surface area contributed by atoms with Crippen molar-refractivity contribution >= 4 is 39.1 Å². The van der Waals surface area contributed by atoms with E-state index in [9.17, 15) is 9.59 Å². The number of rotatable bonds is 7. The molecular formula is C19H20BrN4O2+. The standard InChI is InChI=1S/C19H19BrN4O2/c1-24(13-19(26)23-17-5-3-2-4-16(17)20)12-18(25)22-15-8-6-14(7-9-15)10-11-21/h2-9H,10,12-13H2,1H3,(H,22,25)(H,23,26)/p+1. The number of halogens is 1. The molecule has 2 rings (SSSR count). The van der Waals surface area contributed by atoms with E-state index >= 15 is 0 Å². The summed E-state index contributed by atoms with van der Waals surface area (Å²) >= 11 is 3.38. The SMILES string of the molecule is C[NH+](CC(=O)Nc1ccc(CC#N)cc1)CC(=O)Nc1ccccc1Br.